The van der Waals surface area contributed by atoms with Crippen molar-refractivity contribution in [2.75, 3.05) is 24.6 Å². The molecule has 0 unspecified atom stereocenters. The molecule has 2 aromatic carbocycles. The van der Waals surface area contributed by atoms with Crippen molar-refractivity contribution in [2.24, 2.45) is 11.1 Å². The van der Waals surface area contributed by atoms with Crippen LogP contribution in [0.4, 0.5) is 5.69 Å². The minimum atomic E-state index is -0.607. The highest BCUT2D eigenvalue weighted by molar-refractivity contribution is 5.97. The van der Waals surface area contributed by atoms with E-state index in [2.05, 4.69) is 17.5 Å². The molecule has 0 saturated carbocycles. The smallest absolute Gasteiger partial charge is 0.229 e. The number of benzene rings is 2. The second-order valence-corrected chi connectivity index (χ2v) is 10.0. The van der Waals surface area contributed by atoms with Crippen LogP contribution in [0.15, 0.2) is 48.5 Å². The van der Waals surface area contributed by atoms with E-state index in [1.54, 1.807) is 0 Å². The molecular weight excluding hydrogens is 426 g/mol. The Bertz CT molecular complexity index is 1040. The molecule has 2 aromatic rings. The fourth-order valence-electron chi connectivity index (χ4n) is 3.78. The number of amides is 2. The van der Waals surface area contributed by atoms with Gasteiger partial charge in [-0.3, -0.25) is 9.59 Å². The van der Waals surface area contributed by atoms with Crippen LogP contribution in [-0.2, 0) is 20.9 Å². The number of para-hydroxylation sites is 1. The summed E-state index contributed by atoms with van der Waals surface area (Å²) in [5.41, 5.74) is 8.76. The molecule has 1 aliphatic heterocycles. The minimum absolute atomic E-state index is 0.0244. The number of hydrogen-bond donors (Lipinski definition) is 2. The van der Waals surface area contributed by atoms with E-state index in [4.69, 9.17) is 10.5 Å². The molecule has 0 radical (unpaired) electrons. The third-order valence-corrected chi connectivity index (χ3v) is 6.31. The molecule has 3 rings (SSSR count). The molecule has 182 valence electrons. The van der Waals surface area contributed by atoms with Crippen LogP contribution >= 0.6 is 0 Å². The predicted octanol–water partition coefficient (Wildman–Crippen LogP) is 4.38. The van der Waals surface area contributed by atoms with Crippen molar-refractivity contribution in [3.05, 3.63) is 65.2 Å². The van der Waals surface area contributed by atoms with Crippen molar-refractivity contribution < 1.29 is 14.3 Å². The summed E-state index contributed by atoms with van der Waals surface area (Å²) in [5, 5.41) is 2.94. The van der Waals surface area contributed by atoms with Gasteiger partial charge >= 0.3 is 0 Å². The molecule has 0 aliphatic carbocycles. The summed E-state index contributed by atoms with van der Waals surface area (Å²) >= 11 is 0. The van der Waals surface area contributed by atoms with Crippen LogP contribution in [0.5, 0.6) is 0 Å². The molecule has 0 spiro atoms. The number of nitrogens with one attached hydrogen (secondary N) is 1. The maximum atomic E-state index is 13.3. The zero-order valence-electron chi connectivity index (χ0n) is 20.8. The number of nitrogens with two attached hydrogens (primary N) is 1. The van der Waals surface area contributed by atoms with Crippen molar-refractivity contribution >= 4 is 29.7 Å². The molecule has 6 nitrogen and oxygen atoms in total. The van der Waals surface area contributed by atoms with Crippen LogP contribution in [0.2, 0.25) is 0 Å². The number of anilines is 1. The Morgan fingerprint density at radius 1 is 1.00 bits per heavy atom. The number of fused-ring (bicyclic) bond motifs is 2. The number of carbonyl (C=O) groups excluding carboxylic acids is 2. The summed E-state index contributed by atoms with van der Waals surface area (Å²) in [6.45, 7) is 9.28. The first kappa shape index (κ1) is 25.7. The van der Waals surface area contributed by atoms with Gasteiger partial charge in [-0.05, 0) is 43.0 Å². The van der Waals surface area contributed by atoms with E-state index in [1.165, 1.54) is 0 Å². The Labute approximate surface area is 203 Å². The van der Waals surface area contributed by atoms with Gasteiger partial charge in [0.15, 0.2) is 0 Å². The Balaban J connectivity index is 1.62. The van der Waals surface area contributed by atoms with Gasteiger partial charge in [-0.25, -0.2) is 0 Å². The summed E-state index contributed by atoms with van der Waals surface area (Å²) in [7, 11) is 0. The average Bonchev–Trinajstić information content (AvgIpc) is 2.80. The molecule has 1 heterocycles. The van der Waals surface area contributed by atoms with E-state index < -0.39 is 11.0 Å². The largest absolute Gasteiger partial charge is 0.374 e. The molecule has 3 N–H and O–H groups in total. The third kappa shape index (κ3) is 6.55. The summed E-state index contributed by atoms with van der Waals surface area (Å²) in [6, 6.07) is 16.0. The van der Waals surface area contributed by atoms with Gasteiger partial charge in [0.2, 0.25) is 11.8 Å². The molecule has 0 bridgehead atoms. The first-order valence-corrected chi connectivity index (χ1v) is 11.9. The highest BCUT2D eigenvalue weighted by atomic mass is 16.5. The predicted molar refractivity (Wildman–Crippen MR) is 138 cm³/mol. The Morgan fingerprint density at radius 2 is 1.65 bits per heavy atom. The van der Waals surface area contributed by atoms with Crippen molar-refractivity contribution in [3.8, 4) is 0 Å². The molecule has 6 heteroatoms. The first-order chi connectivity index (χ1) is 16.1. The summed E-state index contributed by atoms with van der Waals surface area (Å²) in [5.74, 6) is -0.112. The molecule has 0 saturated heterocycles. The maximum absolute atomic E-state index is 13.3. The van der Waals surface area contributed by atoms with Crippen LogP contribution in [0, 0.1) is 5.41 Å². The van der Waals surface area contributed by atoms with Crippen molar-refractivity contribution in [1.29, 1.82) is 0 Å². The topological polar surface area (TPSA) is 84.7 Å². The highest BCUT2D eigenvalue weighted by Gasteiger charge is 2.29. The fraction of sp³-hybridized carbons (Fsp3) is 0.429. The van der Waals surface area contributed by atoms with Gasteiger partial charge in [0, 0.05) is 31.5 Å². The van der Waals surface area contributed by atoms with Crippen LogP contribution < -0.4 is 16.0 Å². The monoisotopic (exact) mass is 463 g/mol. The number of carbonyl (C=O) groups is 2. The third-order valence-electron chi connectivity index (χ3n) is 6.31. The maximum Gasteiger partial charge on any atom is 0.229 e. The Morgan fingerprint density at radius 3 is 2.38 bits per heavy atom. The second-order valence-electron chi connectivity index (χ2n) is 10.0. The van der Waals surface area contributed by atoms with E-state index in [9.17, 15) is 9.59 Å². The molecular formula is C28H37N3O3. The van der Waals surface area contributed by atoms with E-state index >= 15 is 0 Å². The minimum Gasteiger partial charge on any atom is -0.374 e. The molecule has 34 heavy (non-hydrogen) atoms. The molecule has 0 fully saturated rings. The number of nitrogens with zero attached hydrogens (tertiary/aromatic N) is 1. The van der Waals surface area contributed by atoms with Gasteiger partial charge in [-0.15, -0.1) is 0 Å². The SMILES string of the molecule is CC(C)(CN)OCCC(C)(C)C(=O)NCCC(=O)N1Cc2ccccc2/C=C\c2ccccc21. The summed E-state index contributed by atoms with van der Waals surface area (Å²) in [6.07, 6.45) is 4.93. The van der Waals surface area contributed by atoms with E-state index in [1.807, 2.05) is 81.1 Å². The van der Waals surface area contributed by atoms with Gasteiger partial charge in [0.05, 0.1) is 17.8 Å². The lowest BCUT2D eigenvalue weighted by Gasteiger charge is -2.29. The Hall–Kier alpha value is -2.96. The molecule has 1 aliphatic rings. The standard InChI is InChI=1S/C28H37N3O3/c1-27(2,16-18-34-28(3,4)20-29)26(33)30-17-15-25(32)31-19-23-11-6-5-9-21(23)13-14-22-10-7-8-12-24(22)31/h5-14H,15-20,29H2,1-4H3,(H,30,33)/b14-13-. The van der Waals surface area contributed by atoms with Gasteiger partial charge in [-0.1, -0.05) is 68.5 Å². The first-order valence-electron chi connectivity index (χ1n) is 11.9. The van der Waals surface area contributed by atoms with Gasteiger partial charge in [-0.2, -0.15) is 0 Å². The van der Waals surface area contributed by atoms with Gasteiger partial charge in [0.25, 0.3) is 0 Å². The van der Waals surface area contributed by atoms with Crippen molar-refractivity contribution in [1.82, 2.24) is 5.32 Å². The number of rotatable bonds is 9. The lowest BCUT2D eigenvalue weighted by molar-refractivity contribution is -0.131. The van der Waals surface area contributed by atoms with Gasteiger partial charge < -0.3 is 20.7 Å². The Kier molecular flexibility index (Phi) is 8.28. The number of hydrogen-bond acceptors (Lipinski definition) is 4. The van der Waals surface area contributed by atoms with Crippen molar-refractivity contribution in [3.63, 3.8) is 0 Å². The zero-order valence-corrected chi connectivity index (χ0v) is 20.8. The lowest BCUT2D eigenvalue weighted by atomic mass is 9.88. The van der Waals surface area contributed by atoms with Crippen molar-refractivity contribution in [2.45, 2.75) is 52.7 Å². The average molecular weight is 464 g/mol. The van der Waals surface area contributed by atoms with Crippen LogP contribution in [0.1, 0.15) is 57.2 Å². The molecule has 0 atom stereocenters. The quantitative estimate of drug-likeness (QED) is 0.578. The highest BCUT2D eigenvalue weighted by Crippen LogP contribution is 2.29. The molecule has 0 aromatic heterocycles. The van der Waals surface area contributed by atoms with Crippen LogP contribution in [0.3, 0.4) is 0 Å². The van der Waals surface area contributed by atoms with Gasteiger partial charge in [0.1, 0.15) is 0 Å². The van der Waals surface area contributed by atoms with Crippen LogP contribution in [0.25, 0.3) is 12.2 Å². The van der Waals surface area contributed by atoms with E-state index in [0.29, 0.717) is 26.1 Å². The van der Waals surface area contributed by atoms with E-state index in [0.717, 1.165) is 22.4 Å². The number of ether oxygens (including phenoxy) is 1. The summed E-state index contributed by atoms with van der Waals surface area (Å²) in [4.78, 5) is 27.9. The molecule has 2 amide bonds. The second kappa shape index (κ2) is 11.0. The lowest BCUT2D eigenvalue weighted by Crippen LogP contribution is -2.41. The zero-order chi connectivity index (χ0) is 24.8. The fourth-order valence-corrected chi connectivity index (χ4v) is 3.78. The summed E-state index contributed by atoms with van der Waals surface area (Å²) < 4.78 is 5.80. The normalized spacial score (nSPS) is 14.4. The van der Waals surface area contributed by atoms with E-state index in [-0.39, 0.29) is 24.8 Å². The van der Waals surface area contributed by atoms with Crippen LogP contribution in [-0.4, -0.2) is 37.1 Å².